The lowest BCUT2D eigenvalue weighted by Gasteiger charge is -2.24. The topological polar surface area (TPSA) is 73.7 Å². The monoisotopic (exact) mass is 389 g/mol. The van der Waals surface area contributed by atoms with E-state index in [-0.39, 0.29) is 12.2 Å². The number of carbonyl (C=O) groups is 2. The zero-order valence-electron chi connectivity index (χ0n) is 15.6. The van der Waals surface area contributed by atoms with Crippen LogP contribution < -0.4 is 0 Å². The van der Waals surface area contributed by atoms with Crippen molar-refractivity contribution in [2.75, 3.05) is 13.1 Å². The summed E-state index contributed by atoms with van der Waals surface area (Å²) in [6.07, 6.45) is 4.63. The van der Waals surface area contributed by atoms with Crippen molar-refractivity contribution < 1.29 is 19.1 Å². The van der Waals surface area contributed by atoms with Gasteiger partial charge in [-0.25, -0.2) is 9.59 Å². The van der Waals surface area contributed by atoms with E-state index in [2.05, 4.69) is 5.10 Å². The van der Waals surface area contributed by atoms with Gasteiger partial charge >= 0.3 is 12.2 Å². The van der Waals surface area contributed by atoms with Crippen molar-refractivity contribution in [3.05, 3.63) is 40.3 Å². The molecule has 1 aliphatic heterocycles. The van der Waals surface area contributed by atoms with Crippen molar-refractivity contribution in [1.29, 1.82) is 0 Å². The Kier molecular flexibility index (Phi) is 5.65. The number of aromatic nitrogens is 2. The average molecular weight is 389 g/mol. The fourth-order valence-electron chi connectivity index (χ4n) is 2.60. The summed E-state index contributed by atoms with van der Waals surface area (Å²) in [4.78, 5) is 27.0. The van der Waals surface area contributed by atoms with Crippen LogP contribution >= 0.6 is 11.3 Å². The molecule has 1 atom stereocenters. The quantitative estimate of drug-likeness (QED) is 0.790. The lowest BCUT2D eigenvalue weighted by Crippen LogP contribution is -2.36. The van der Waals surface area contributed by atoms with Gasteiger partial charge in [0.15, 0.2) is 0 Å². The van der Waals surface area contributed by atoms with Gasteiger partial charge in [0.05, 0.1) is 12.2 Å². The molecule has 0 N–H and O–H groups in total. The van der Waals surface area contributed by atoms with Crippen LogP contribution in [-0.4, -0.2) is 51.7 Å². The smallest absolute Gasteiger partial charge is 0.435 e. The molecule has 0 aromatic carbocycles. The lowest BCUT2D eigenvalue weighted by atomic mass is 10.2. The average Bonchev–Trinajstić information content (AvgIpc) is 3.33. The minimum absolute atomic E-state index is 0.326. The van der Waals surface area contributed by atoms with Gasteiger partial charge in [-0.05, 0) is 50.4 Å². The van der Waals surface area contributed by atoms with Gasteiger partial charge in [-0.1, -0.05) is 6.07 Å². The molecule has 1 amide bonds. The highest BCUT2D eigenvalue weighted by Gasteiger charge is 2.32. The van der Waals surface area contributed by atoms with Crippen LogP contribution in [-0.2, 0) is 9.47 Å². The fraction of sp³-hybridized carbons (Fsp3) is 0.421. The largest absolute Gasteiger partial charge is 0.444 e. The Hall–Kier alpha value is -2.61. The Morgan fingerprint density at radius 3 is 2.78 bits per heavy atom. The van der Waals surface area contributed by atoms with Crippen molar-refractivity contribution in [3.63, 3.8) is 0 Å². The van der Waals surface area contributed by atoms with E-state index in [0.717, 1.165) is 4.88 Å². The molecule has 0 radical (unpaired) electrons. The summed E-state index contributed by atoms with van der Waals surface area (Å²) >= 11 is 1.63. The second-order valence-electron chi connectivity index (χ2n) is 7.25. The zero-order valence-corrected chi connectivity index (χ0v) is 16.4. The molecular weight excluding hydrogens is 366 g/mol. The molecule has 1 fully saturated rings. The standard InChI is InChI=1S/C19H23N3O4S/c1-19(2,3)26-17(23)21-10-9-15(13-21)25-18(24)22-11-8-14(20-22)6-7-16-5-4-12-27-16/h4-8,11-12,15H,9-10,13H2,1-3H3/b7-6+. The first-order valence-electron chi connectivity index (χ1n) is 8.76. The van der Waals surface area contributed by atoms with Gasteiger partial charge in [0.2, 0.25) is 0 Å². The van der Waals surface area contributed by atoms with Crippen LogP contribution in [0.5, 0.6) is 0 Å². The van der Waals surface area contributed by atoms with E-state index in [1.54, 1.807) is 28.5 Å². The molecule has 0 bridgehead atoms. The number of ether oxygens (including phenoxy) is 2. The third kappa shape index (κ3) is 5.43. The summed E-state index contributed by atoms with van der Waals surface area (Å²) in [6.45, 7) is 6.29. The first-order valence-corrected chi connectivity index (χ1v) is 9.64. The SMILES string of the molecule is CC(C)(C)OC(=O)N1CCC(OC(=O)n2ccc(/C=C/c3cccs3)n2)C1. The Balaban J connectivity index is 1.52. The normalized spacial score (nSPS) is 17.4. The van der Waals surface area contributed by atoms with E-state index in [4.69, 9.17) is 9.47 Å². The van der Waals surface area contributed by atoms with Crippen LogP contribution in [0, 0.1) is 0 Å². The Labute approximate surface area is 162 Å². The molecule has 3 heterocycles. The predicted octanol–water partition coefficient (Wildman–Crippen LogP) is 4.11. The van der Waals surface area contributed by atoms with Gasteiger partial charge in [0, 0.05) is 24.0 Å². The molecule has 1 saturated heterocycles. The summed E-state index contributed by atoms with van der Waals surface area (Å²) in [5, 5.41) is 6.21. The van der Waals surface area contributed by atoms with Crippen LogP contribution in [0.3, 0.4) is 0 Å². The van der Waals surface area contributed by atoms with Crippen molar-refractivity contribution in [2.24, 2.45) is 0 Å². The van der Waals surface area contributed by atoms with Crippen LogP contribution in [0.1, 0.15) is 37.8 Å². The molecule has 0 spiro atoms. The third-order valence-corrected chi connectivity index (χ3v) is 4.66. The molecule has 2 aromatic rings. The number of hydrogen-bond donors (Lipinski definition) is 0. The maximum atomic E-state index is 12.3. The van der Waals surface area contributed by atoms with Crippen molar-refractivity contribution >= 4 is 35.7 Å². The van der Waals surface area contributed by atoms with Gasteiger partial charge in [-0.3, -0.25) is 0 Å². The van der Waals surface area contributed by atoms with E-state index < -0.39 is 11.7 Å². The number of rotatable bonds is 3. The number of thiophene rings is 1. The van der Waals surface area contributed by atoms with E-state index >= 15 is 0 Å². The van der Waals surface area contributed by atoms with E-state index in [1.807, 2.05) is 50.4 Å². The molecule has 1 aliphatic rings. The lowest BCUT2D eigenvalue weighted by molar-refractivity contribution is 0.0258. The molecule has 0 saturated carbocycles. The summed E-state index contributed by atoms with van der Waals surface area (Å²) in [6, 6.07) is 5.72. The first kappa shape index (κ1) is 19.2. The molecule has 8 heteroatoms. The van der Waals surface area contributed by atoms with Gasteiger partial charge in [-0.15, -0.1) is 11.3 Å². The Morgan fingerprint density at radius 1 is 1.26 bits per heavy atom. The van der Waals surface area contributed by atoms with E-state index in [1.165, 1.54) is 4.68 Å². The van der Waals surface area contributed by atoms with Crippen LogP contribution in [0.25, 0.3) is 12.2 Å². The second-order valence-corrected chi connectivity index (χ2v) is 8.23. The number of nitrogens with zero attached hydrogens (tertiary/aromatic N) is 3. The first-order chi connectivity index (χ1) is 12.8. The van der Waals surface area contributed by atoms with Crippen LogP contribution in [0.2, 0.25) is 0 Å². The van der Waals surface area contributed by atoms with Gasteiger partial charge in [-0.2, -0.15) is 9.78 Å². The highest BCUT2D eigenvalue weighted by Crippen LogP contribution is 2.18. The maximum Gasteiger partial charge on any atom is 0.435 e. The van der Waals surface area contributed by atoms with Gasteiger partial charge in [0.25, 0.3) is 0 Å². The predicted molar refractivity (Wildman–Crippen MR) is 104 cm³/mol. The summed E-state index contributed by atoms with van der Waals surface area (Å²) < 4.78 is 12.0. The highest BCUT2D eigenvalue weighted by molar-refractivity contribution is 7.10. The molecular formula is C19H23N3O4S. The van der Waals surface area contributed by atoms with Crippen LogP contribution in [0.15, 0.2) is 29.8 Å². The summed E-state index contributed by atoms with van der Waals surface area (Å²) in [5.41, 5.74) is 0.121. The number of carbonyl (C=O) groups excluding carboxylic acids is 2. The Bertz CT molecular complexity index is 820. The minimum Gasteiger partial charge on any atom is -0.444 e. The molecule has 1 unspecified atom stereocenters. The number of likely N-dealkylation sites (tertiary alicyclic amines) is 1. The minimum atomic E-state index is -0.554. The van der Waals surface area contributed by atoms with Crippen molar-refractivity contribution in [2.45, 2.75) is 38.9 Å². The van der Waals surface area contributed by atoms with Gasteiger partial charge < -0.3 is 14.4 Å². The molecule has 7 nitrogen and oxygen atoms in total. The van der Waals surface area contributed by atoms with E-state index in [0.29, 0.717) is 25.2 Å². The zero-order chi connectivity index (χ0) is 19.4. The summed E-state index contributed by atoms with van der Waals surface area (Å²) in [5.74, 6) is 0. The fourth-order valence-corrected chi connectivity index (χ4v) is 3.21. The van der Waals surface area contributed by atoms with Crippen LogP contribution in [0.4, 0.5) is 9.59 Å². The van der Waals surface area contributed by atoms with E-state index in [9.17, 15) is 9.59 Å². The molecule has 0 aliphatic carbocycles. The second kappa shape index (κ2) is 7.96. The number of amides is 1. The third-order valence-electron chi connectivity index (χ3n) is 3.82. The number of hydrogen-bond acceptors (Lipinski definition) is 6. The highest BCUT2D eigenvalue weighted by atomic mass is 32.1. The molecule has 2 aromatic heterocycles. The Morgan fingerprint density at radius 2 is 2.07 bits per heavy atom. The maximum absolute atomic E-state index is 12.3. The molecule has 144 valence electrons. The molecule has 3 rings (SSSR count). The van der Waals surface area contributed by atoms with Crippen molar-refractivity contribution in [3.8, 4) is 0 Å². The summed E-state index contributed by atoms with van der Waals surface area (Å²) in [7, 11) is 0. The van der Waals surface area contributed by atoms with Gasteiger partial charge in [0.1, 0.15) is 11.7 Å². The molecule has 27 heavy (non-hydrogen) atoms. The van der Waals surface area contributed by atoms with Crippen molar-refractivity contribution in [1.82, 2.24) is 14.7 Å².